The molecule has 3 rings (SSSR count). The third kappa shape index (κ3) is 6.09. The van der Waals surface area contributed by atoms with E-state index in [0.29, 0.717) is 28.6 Å². The van der Waals surface area contributed by atoms with Gasteiger partial charge in [-0.25, -0.2) is 0 Å². The predicted octanol–water partition coefficient (Wildman–Crippen LogP) is 4.72. The Kier molecular flexibility index (Phi) is 7.46. The molecule has 30 heavy (non-hydrogen) atoms. The molecular formula is C24H23ClN2O3. The molecule has 0 fully saturated rings. The lowest BCUT2D eigenvalue weighted by atomic mass is 10.1. The van der Waals surface area contributed by atoms with Gasteiger partial charge in [-0.3, -0.25) is 9.59 Å². The average Bonchev–Trinajstić information content (AvgIpc) is 2.76. The van der Waals surface area contributed by atoms with Gasteiger partial charge in [-0.15, -0.1) is 0 Å². The molecule has 0 heterocycles. The first kappa shape index (κ1) is 21.4. The van der Waals surface area contributed by atoms with Gasteiger partial charge in [-0.05, 0) is 49.2 Å². The Morgan fingerprint density at radius 1 is 0.967 bits per heavy atom. The van der Waals surface area contributed by atoms with Crippen molar-refractivity contribution in [2.24, 2.45) is 0 Å². The zero-order valence-corrected chi connectivity index (χ0v) is 17.4. The van der Waals surface area contributed by atoms with Crippen LogP contribution in [0.25, 0.3) is 0 Å². The summed E-state index contributed by atoms with van der Waals surface area (Å²) in [6.45, 7) is 2.16. The van der Waals surface area contributed by atoms with Crippen molar-refractivity contribution in [3.63, 3.8) is 0 Å². The number of halogens is 1. The Balaban J connectivity index is 1.58. The molecule has 2 N–H and O–H groups in total. The average molecular weight is 423 g/mol. The fraction of sp³-hybridized carbons (Fsp3) is 0.167. The molecule has 0 saturated heterocycles. The smallest absolute Gasteiger partial charge is 0.265 e. The highest BCUT2D eigenvalue weighted by Gasteiger charge is 2.17. The highest BCUT2D eigenvalue weighted by Crippen LogP contribution is 2.24. The van der Waals surface area contributed by atoms with Crippen molar-refractivity contribution in [1.82, 2.24) is 5.32 Å². The molecule has 1 unspecified atom stereocenters. The molecular weight excluding hydrogens is 400 g/mol. The number of carbonyl (C=O) groups is 2. The molecule has 154 valence electrons. The highest BCUT2D eigenvalue weighted by atomic mass is 35.5. The van der Waals surface area contributed by atoms with Crippen LogP contribution in [0.15, 0.2) is 78.9 Å². The lowest BCUT2D eigenvalue weighted by Gasteiger charge is -2.16. The summed E-state index contributed by atoms with van der Waals surface area (Å²) in [5.41, 5.74) is 1.93. The van der Waals surface area contributed by atoms with Crippen molar-refractivity contribution in [1.29, 1.82) is 0 Å². The van der Waals surface area contributed by atoms with E-state index >= 15 is 0 Å². The second-order valence-corrected chi connectivity index (χ2v) is 7.16. The van der Waals surface area contributed by atoms with Crippen LogP contribution in [0.3, 0.4) is 0 Å². The molecule has 0 aromatic heterocycles. The summed E-state index contributed by atoms with van der Waals surface area (Å²) < 4.78 is 5.63. The number of hydrogen-bond donors (Lipinski definition) is 2. The van der Waals surface area contributed by atoms with Gasteiger partial charge in [0.1, 0.15) is 5.75 Å². The molecule has 1 atom stereocenters. The molecule has 0 aliphatic rings. The minimum atomic E-state index is -0.730. The maximum atomic E-state index is 12.5. The molecule has 0 spiro atoms. The van der Waals surface area contributed by atoms with E-state index in [1.54, 1.807) is 37.3 Å². The van der Waals surface area contributed by atoms with Gasteiger partial charge in [-0.1, -0.05) is 60.1 Å². The zero-order chi connectivity index (χ0) is 21.3. The second kappa shape index (κ2) is 10.5. The number of benzene rings is 3. The monoisotopic (exact) mass is 422 g/mol. The summed E-state index contributed by atoms with van der Waals surface area (Å²) in [6, 6.07) is 23.8. The van der Waals surface area contributed by atoms with Crippen LogP contribution in [-0.4, -0.2) is 24.5 Å². The maximum absolute atomic E-state index is 12.5. The number of para-hydroxylation sites is 1. The molecule has 0 bridgehead atoms. The SMILES string of the molecule is CC(Oc1ccccc1)C(=O)Nc1cc(C(=O)NCCc2ccccc2)ccc1Cl. The lowest BCUT2D eigenvalue weighted by molar-refractivity contribution is -0.122. The molecule has 0 aliphatic heterocycles. The summed E-state index contributed by atoms with van der Waals surface area (Å²) in [5, 5.41) is 5.96. The molecule has 5 nitrogen and oxygen atoms in total. The molecule has 0 aliphatic carbocycles. The first-order valence-corrected chi connectivity index (χ1v) is 10.0. The quantitative estimate of drug-likeness (QED) is 0.552. The van der Waals surface area contributed by atoms with Crippen LogP contribution in [0.5, 0.6) is 5.75 Å². The number of carbonyl (C=O) groups excluding carboxylic acids is 2. The van der Waals surface area contributed by atoms with E-state index in [4.69, 9.17) is 16.3 Å². The largest absolute Gasteiger partial charge is 0.481 e. The highest BCUT2D eigenvalue weighted by molar-refractivity contribution is 6.34. The number of nitrogens with one attached hydrogen (secondary N) is 2. The molecule has 3 aromatic carbocycles. The zero-order valence-electron chi connectivity index (χ0n) is 16.6. The summed E-state index contributed by atoms with van der Waals surface area (Å²) in [6.07, 6.45) is 0.00443. The minimum Gasteiger partial charge on any atom is -0.481 e. The van der Waals surface area contributed by atoms with E-state index < -0.39 is 6.10 Å². The van der Waals surface area contributed by atoms with Crippen molar-refractivity contribution in [2.75, 3.05) is 11.9 Å². The van der Waals surface area contributed by atoms with E-state index in [1.165, 1.54) is 0 Å². The molecule has 0 radical (unpaired) electrons. The Bertz CT molecular complexity index is 994. The van der Waals surface area contributed by atoms with Crippen molar-refractivity contribution in [2.45, 2.75) is 19.4 Å². The van der Waals surface area contributed by atoms with E-state index in [9.17, 15) is 9.59 Å². The Morgan fingerprint density at radius 3 is 2.33 bits per heavy atom. The number of amides is 2. The minimum absolute atomic E-state index is 0.230. The molecule has 0 saturated carbocycles. The normalized spacial score (nSPS) is 11.4. The third-order valence-electron chi connectivity index (χ3n) is 4.45. The van der Waals surface area contributed by atoms with Crippen LogP contribution in [0.2, 0.25) is 5.02 Å². The van der Waals surface area contributed by atoms with Gasteiger partial charge < -0.3 is 15.4 Å². The number of ether oxygens (including phenoxy) is 1. The van der Waals surface area contributed by atoms with Crippen LogP contribution in [-0.2, 0) is 11.2 Å². The van der Waals surface area contributed by atoms with E-state index in [2.05, 4.69) is 10.6 Å². The van der Waals surface area contributed by atoms with Crippen LogP contribution < -0.4 is 15.4 Å². The second-order valence-electron chi connectivity index (χ2n) is 6.75. The van der Waals surface area contributed by atoms with E-state index in [1.807, 2.05) is 48.5 Å². The van der Waals surface area contributed by atoms with E-state index in [0.717, 1.165) is 12.0 Å². The number of hydrogen-bond acceptors (Lipinski definition) is 3. The predicted molar refractivity (Wildman–Crippen MR) is 119 cm³/mol. The fourth-order valence-corrected chi connectivity index (χ4v) is 2.99. The van der Waals surface area contributed by atoms with Gasteiger partial charge in [0.15, 0.2) is 6.10 Å². The van der Waals surface area contributed by atoms with Gasteiger partial charge in [-0.2, -0.15) is 0 Å². The standard InChI is InChI=1S/C24H23ClN2O3/c1-17(30-20-10-6-3-7-11-20)23(28)27-22-16-19(12-13-21(22)25)24(29)26-15-14-18-8-4-2-5-9-18/h2-13,16-17H,14-15H2,1H3,(H,26,29)(H,27,28). The van der Waals surface area contributed by atoms with E-state index in [-0.39, 0.29) is 11.8 Å². The first-order valence-electron chi connectivity index (χ1n) is 9.67. The molecule has 6 heteroatoms. The summed E-state index contributed by atoms with van der Waals surface area (Å²) in [5.74, 6) is 0.00635. The fourth-order valence-electron chi connectivity index (χ4n) is 2.82. The Morgan fingerprint density at radius 2 is 1.63 bits per heavy atom. The molecule has 2 amide bonds. The Hall–Kier alpha value is -3.31. The Labute approximate surface area is 181 Å². The summed E-state index contributed by atoms with van der Waals surface area (Å²) >= 11 is 6.21. The van der Waals surface area contributed by atoms with Gasteiger partial charge >= 0.3 is 0 Å². The number of rotatable bonds is 8. The van der Waals surface area contributed by atoms with Crippen LogP contribution in [0.4, 0.5) is 5.69 Å². The van der Waals surface area contributed by atoms with Crippen molar-refractivity contribution in [3.05, 3.63) is 95.0 Å². The lowest BCUT2D eigenvalue weighted by Crippen LogP contribution is -2.30. The maximum Gasteiger partial charge on any atom is 0.265 e. The van der Waals surface area contributed by atoms with Crippen LogP contribution in [0.1, 0.15) is 22.8 Å². The van der Waals surface area contributed by atoms with Gasteiger partial charge in [0.05, 0.1) is 10.7 Å². The van der Waals surface area contributed by atoms with Gasteiger partial charge in [0.25, 0.3) is 11.8 Å². The van der Waals surface area contributed by atoms with Crippen molar-refractivity contribution >= 4 is 29.1 Å². The third-order valence-corrected chi connectivity index (χ3v) is 4.78. The summed E-state index contributed by atoms with van der Waals surface area (Å²) in [4.78, 5) is 25.0. The van der Waals surface area contributed by atoms with Crippen LogP contribution in [0, 0.1) is 0 Å². The molecule has 3 aromatic rings. The van der Waals surface area contributed by atoms with Gasteiger partial charge in [0.2, 0.25) is 0 Å². The van der Waals surface area contributed by atoms with Crippen molar-refractivity contribution in [3.8, 4) is 5.75 Å². The first-order chi connectivity index (χ1) is 14.5. The van der Waals surface area contributed by atoms with Gasteiger partial charge in [0, 0.05) is 12.1 Å². The topological polar surface area (TPSA) is 67.4 Å². The number of anilines is 1. The van der Waals surface area contributed by atoms with Crippen LogP contribution >= 0.6 is 11.6 Å². The van der Waals surface area contributed by atoms with Crippen molar-refractivity contribution < 1.29 is 14.3 Å². The summed E-state index contributed by atoms with van der Waals surface area (Å²) in [7, 11) is 0.